The molecule has 7 heteroatoms. The van der Waals surface area contributed by atoms with Crippen molar-refractivity contribution in [3.8, 4) is 0 Å². The van der Waals surface area contributed by atoms with Crippen molar-refractivity contribution in [3.63, 3.8) is 0 Å². The smallest absolute Gasteiger partial charge is 0.227 e. The van der Waals surface area contributed by atoms with Crippen LogP contribution in [0.3, 0.4) is 0 Å². The van der Waals surface area contributed by atoms with Crippen LogP contribution in [-0.4, -0.2) is 29.4 Å². The quantitative estimate of drug-likeness (QED) is 0.806. The largest absolute Gasteiger partial charge is 0.354 e. The maximum atomic E-state index is 11.8. The van der Waals surface area contributed by atoms with Gasteiger partial charge in [0.15, 0.2) is 0 Å². The standard InChI is InChI=1S/C11H14ClN3O2S/c12-4-8-6-18-11(15-8)3-10(17)14-7-1-2-9(16)13-5-7/h6-7H,1-5H2,(H,13,16)(H,14,17). The highest BCUT2D eigenvalue weighted by Gasteiger charge is 2.19. The summed E-state index contributed by atoms with van der Waals surface area (Å²) in [6.45, 7) is 0.509. The van der Waals surface area contributed by atoms with E-state index in [1.165, 1.54) is 11.3 Å². The van der Waals surface area contributed by atoms with E-state index in [0.717, 1.165) is 10.7 Å². The molecule has 0 aromatic carbocycles. The van der Waals surface area contributed by atoms with Crippen molar-refractivity contribution in [1.82, 2.24) is 15.6 Å². The minimum atomic E-state index is -0.0633. The molecule has 2 N–H and O–H groups in total. The fraction of sp³-hybridized carbons (Fsp3) is 0.545. The van der Waals surface area contributed by atoms with Gasteiger partial charge in [0, 0.05) is 24.4 Å². The highest BCUT2D eigenvalue weighted by atomic mass is 35.5. The molecule has 0 radical (unpaired) electrons. The van der Waals surface area contributed by atoms with Crippen LogP contribution < -0.4 is 10.6 Å². The Morgan fingerprint density at radius 3 is 3.11 bits per heavy atom. The van der Waals surface area contributed by atoms with E-state index < -0.39 is 0 Å². The van der Waals surface area contributed by atoms with Gasteiger partial charge in [-0.05, 0) is 6.42 Å². The monoisotopic (exact) mass is 287 g/mol. The van der Waals surface area contributed by atoms with E-state index in [9.17, 15) is 9.59 Å². The van der Waals surface area contributed by atoms with Gasteiger partial charge in [0.1, 0.15) is 5.01 Å². The van der Waals surface area contributed by atoms with Gasteiger partial charge in [-0.25, -0.2) is 4.98 Å². The molecular formula is C11H14ClN3O2S. The summed E-state index contributed by atoms with van der Waals surface area (Å²) in [6.07, 6.45) is 1.44. The molecule has 1 aromatic heterocycles. The minimum absolute atomic E-state index is 0.0302. The van der Waals surface area contributed by atoms with Gasteiger partial charge in [-0.3, -0.25) is 9.59 Å². The third-order valence-corrected chi connectivity index (χ3v) is 3.85. The maximum Gasteiger partial charge on any atom is 0.227 e. The first-order valence-corrected chi connectivity index (χ1v) is 7.14. The Kier molecular flexibility index (Phi) is 4.54. The topological polar surface area (TPSA) is 71.1 Å². The first kappa shape index (κ1) is 13.3. The lowest BCUT2D eigenvalue weighted by Gasteiger charge is -2.23. The molecule has 5 nitrogen and oxygen atoms in total. The van der Waals surface area contributed by atoms with Crippen LogP contribution in [0.4, 0.5) is 0 Å². The molecule has 1 unspecified atom stereocenters. The molecule has 1 fully saturated rings. The van der Waals surface area contributed by atoms with Crippen LogP contribution in [0.5, 0.6) is 0 Å². The van der Waals surface area contributed by atoms with E-state index in [1.54, 1.807) is 0 Å². The van der Waals surface area contributed by atoms with Crippen LogP contribution in [0.25, 0.3) is 0 Å². The predicted octanol–water partition coefficient (Wildman–Crippen LogP) is 0.819. The van der Waals surface area contributed by atoms with Gasteiger partial charge in [0.2, 0.25) is 11.8 Å². The molecule has 0 spiro atoms. The van der Waals surface area contributed by atoms with Gasteiger partial charge in [-0.2, -0.15) is 0 Å². The van der Waals surface area contributed by atoms with Gasteiger partial charge >= 0.3 is 0 Å². The van der Waals surface area contributed by atoms with Crippen molar-refractivity contribution >= 4 is 34.8 Å². The molecule has 0 aliphatic carbocycles. The third kappa shape index (κ3) is 3.68. The van der Waals surface area contributed by atoms with Crippen LogP contribution in [0, 0.1) is 0 Å². The van der Waals surface area contributed by atoms with E-state index in [0.29, 0.717) is 25.3 Å². The zero-order valence-electron chi connectivity index (χ0n) is 9.74. The van der Waals surface area contributed by atoms with Crippen molar-refractivity contribution < 1.29 is 9.59 Å². The number of halogens is 1. The normalized spacial score (nSPS) is 19.4. The summed E-state index contributed by atoms with van der Waals surface area (Å²) in [5, 5.41) is 8.25. The molecule has 0 bridgehead atoms. The second kappa shape index (κ2) is 6.15. The Morgan fingerprint density at radius 1 is 1.67 bits per heavy atom. The van der Waals surface area contributed by atoms with Crippen molar-refractivity contribution in [1.29, 1.82) is 0 Å². The number of nitrogens with one attached hydrogen (secondary N) is 2. The number of amides is 2. The molecule has 2 heterocycles. The summed E-state index contributed by atoms with van der Waals surface area (Å²) in [6, 6.07) is 0.0302. The van der Waals surface area contributed by atoms with E-state index in [1.807, 2.05) is 5.38 Å². The van der Waals surface area contributed by atoms with Crippen molar-refractivity contribution in [2.24, 2.45) is 0 Å². The number of carbonyl (C=O) groups is 2. The summed E-state index contributed by atoms with van der Waals surface area (Å²) >= 11 is 7.09. The Bertz CT molecular complexity index is 439. The van der Waals surface area contributed by atoms with Crippen LogP contribution in [0.15, 0.2) is 5.38 Å². The SMILES string of the molecule is O=C1CCC(NC(=O)Cc2nc(CCl)cs2)CN1. The van der Waals surface area contributed by atoms with Gasteiger partial charge in [-0.15, -0.1) is 22.9 Å². The predicted molar refractivity (Wildman–Crippen MR) is 69.5 cm³/mol. The van der Waals surface area contributed by atoms with Crippen molar-refractivity contribution in [2.45, 2.75) is 31.2 Å². The van der Waals surface area contributed by atoms with Crippen LogP contribution in [0.1, 0.15) is 23.5 Å². The summed E-state index contributed by atoms with van der Waals surface area (Å²) in [4.78, 5) is 27.0. The molecule has 2 rings (SSSR count). The summed E-state index contributed by atoms with van der Waals surface area (Å²) < 4.78 is 0. The first-order chi connectivity index (χ1) is 8.67. The van der Waals surface area contributed by atoms with Crippen LogP contribution in [0.2, 0.25) is 0 Å². The number of alkyl halides is 1. The molecule has 1 aliphatic heterocycles. The second-order valence-electron chi connectivity index (χ2n) is 4.15. The molecule has 0 saturated carbocycles. The number of hydrogen-bond donors (Lipinski definition) is 2. The number of nitrogens with zero attached hydrogens (tertiary/aromatic N) is 1. The average Bonchev–Trinajstić information content (AvgIpc) is 2.79. The van der Waals surface area contributed by atoms with Gasteiger partial charge in [0.05, 0.1) is 18.0 Å². The van der Waals surface area contributed by atoms with Gasteiger partial charge in [-0.1, -0.05) is 0 Å². The Balaban J connectivity index is 1.79. The lowest BCUT2D eigenvalue weighted by Crippen LogP contribution is -2.48. The van der Waals surface area contributed by atoms with E-state index >= 15 is 0 Å². The number of piperidine rings is 1. The lowest BCUT2D eigenvalue weighted by molar-refractivity contribution is -0.125. The molecule has 1 aliphatic rings. The molecular weight excluding hydrogens is 274 g/mol. The molecule has 1 saturated heterocycles. The second-order valence-corrected chi connectivity index (χ2v) is 5.36. The summed E-state index contributed by atoms with van der Waals surface area (Å²) in [5.74, 6) is 0.353. The van der Waals surface area contributed by atoms with Gasteiger partial charge < -0.3 is 10.6 Å². The minimum Gasteiger partial charge on any atom is -0.354 e. The molecule has 18 heavy (non-hydrogen) atoms. The zero-order chi connectivity index (χ0) is 13.0. The van der Waals surface area contributed by atoms with Crippen molar-refractivity contribution in [3.05, 3.63) is 16.1 Å². The van der Waals surface area contributed by atoms with Gasteiger partial charge in [0.25, 0.3) is 0 Å². The van der Waals surface area contributed by atoms with Crippen LogP contribution in [-0.2, 0) is 21.9 Å². The first-order valence-electron chi connectivity index (χ1n) is 5.72. The number of hydrogen-bond acceptors (Lipinski definition) is 4. The Hall–Kier alpha value is -1.14. The summed E-state index contributed by atoms with van der Waals surface area (Å²) in [7, 11) is 0. The fourth-order valence-electron chi connectivity index (χ4n) is 1.76. The molecule has 98 valence electrons. The highest BCUT2D eigenvalue weighted by Crippen LogP contribution is 2.12. The number of carbonyl (C=O) groups excluding carboxylic acids is 2. The molecule has 1 aromatic rings. The van der Waals surface area contributed by atoms with E-state index in [2.05, 4.69) is 15.6 Å². The Labute approximate surface area is 114 Å². The molecule has 1 atom stereocenters. The number of aromatic nitrogens is 1. The zero-order valence-corrected chi connectivity index (χ0v) is 11.3. The van der Waals surface area contributed by atoms with Crippen LogP contribution >= 0.6 is 22.9 Å². The third-order valence-electron chi connectivity index (χ3n) is 2.68. The summed E-state index contributed by atoms with van der Waals surface area (Å²) in [5.41, 5.74) is 0.800. The fourth-order valence-corrected chi connectivity index (χ4v) is 2.78. The van der Waals surface area contributed by atoms with E-state index in [4.69, 9.17) is 11.6 Å². The van der Waals surface area contributed by atoms with Crippen molar-refractivity contribution in [2.75, 3.05) is 6.54 Å². The highest BCUT2D eigenvalue weighted by molar-refractivity contribution is 7.09. The average molecular weight is 288 g/mol. The number of thiazole rings is 1. The molecule has 2 amide bonds. The maximum absolute atomic E-state index is 11.8. The van der Waals surface area contributed by atoms with E-state index in [-0.39, 0.29) is 24.3 Å². The number of rotatable bonds is 4. The Morgan fingerprint density at radius 2 is 2.50 bits per heavy atom. The lowest BCUT2D eigenvalue weighted by atomic mass is 10.1.